The number of anilines is 1. The Morgan fingerprint density at radius 1 is 1.30 bits per heavy atom. The minimum absolute atomic E-state index is 0.0907. The van der Waals surface area contributed by atoms with Gasteiger partial charge >= 0.3 is 0 Å². The summed E-state index contributed by atoms with van der Waals surface area (Å²) in [5.74, 6) is -0.379. The van der Waals surface area contributed by atoms with Crippen LogP contribution in [0.3, 0.4) is 0 Å². The Labute approximate surface area is 143 Å². The van der Waals surface area contributed by atoms with Crippen molar-refractivity contribution < 1.29 is 9.18 Å². The van der Waals surface area contributed by atoms with Crippen LogP contribution in [0.25, 0.3) is 0 Å². The molecular formula is C15H19FN4OS2. The zero-order valence-corrected chi connectivity index (χ0v) is 14.8. The fraction of sp³-hybridized carbons (Fsp3) is 0.400. The van der Waals surface area contributed by atoms with Crippen LogP contribution < -0.4 is 10.6 Å². The van der Waals surface area contributed by atoms with Crippen LogP contribution in [-0.4, -0.2) is 27.9 Å². The number of carbonyl (C=O) groups excluding carboxylic acids is 1. The molecule has 1 heterocycles. The molecule has 0 aliphatic rings. The predicted octanol–water partition coefficient (Wildman–Crippen LogP) is 3.47. The standard InChI is InChI=1S/C15H19FN4OS2/c1-4-17-14-19-20-15(23-14)22-10(3)13(21)18-9(2)11-5-7-12(16)8-6-11/h5-10H,4H2,1-3H3,(H,17,19)(H,18,21)/t9-,10+/m1/s1. The normalized spacial score (nSPS) is 13.4. The summed E-state index contributed by atoms with van der Waals surface area (Å²) in [5.41, 5.74) is 0.863. The summed E-state index contributed by atoms with van der Waals surface area (Å²) in [4.78, 5) is 12.3. The fourth-order valence-corrected chi connectivity index (χ4v) is 3.82. The van der Waals surface area contributed by atoms with Gasteiger partial charge in [0, 0.05) is 6.54 Å². The zero-order chi connectivity index (χ0) is 16.8. The molecule has 1 aromatic heterocycles. The minimum atomic E-state index is -0.291. The van der Waals surface area contributed by atoms with Crippen LogP contribution >= 0.6 is 23.1 Å². The van der Waals surface area contributed by atoms with Crippen LogP contribution in [0.1, 0.15) is 32.4 Å². The summed E-state index contributed by atoms with van der Waals surface area (Å²) >= 11 is 2.80. The van der Waals surface area contributed by atoms with E-state index in [1.165, 1.54) is 35.2 Å². The van der Waals surface area contributed by atoms with E-state index < -0.39 is 0 Å². The number of rotatable bonds is 7. The first-order chi connectivity index (χ1) is 11.0. The zero-order valence-electron chi connectivity index (χ0n) is 13.2. The molecule has 2 aromatic rings. The lowest BCUT2D eigenvalue weighted by atomic mass is 10.1. The van der Waals surface area contributed by atoms with Crippen molar-refractivity contribution in [3.05, 3.63) is 35.6 Å². The molecule has 0 unspecified atom stereocenters. The van der Waals surface area contributed by atoms with Crippen LogP contribution in [-0.2, 0) is 4.79 Å². The highest BCUT2D eigenvalue weighted by Gasteiger charge is 2.19. The van der Waals surface area contributed by atoms with E-state index in [0.717, 1.165) is 21.6 Å². The van der Waals surface area contributed by atoms with Gasteiger partial charge in [-0.15, -0.1) is 10.2 Å². The summed E-state index contributed by atoms with van der Waals surface area (Å²) in [6.45, 7) is 6.47. The van der Waals surface area contributed by atoms with Gasteiger partial charge in [0.1, 0.15) is 5.82 Å². The molecule has 0 saturated heterocycles. The van der Waals surface area contributed by atoms with Gasteiger partial charge < -0.3 is 10.6 Å². The SMILES string of the molecule is CCNc1nnc(S[C@@H](C)C(=O)N[C@H](C)c2ccc(F)cc2)s1. The van der Waals surface area contributed by atoms with Crippen molar-refractivity contribution in [2.24, 2.45) is 0 Å². The second-order valence-electron chi connectivity index (χ2n) is 4.95. The quantitative estimate of drug-likeness (QED) is 0.745. The molecule has 0 aliphatic carbocycles. The molecule has 2 N–H and O–H groups in total. The molecule has 0 spiro atoms. The molecule has 1 aromatic carbocycles. The molecule has 1 amide bonds. The second kappa shape index (κ2) is 8.26. The molecule has 2 rings (SSSR count). The first-order valence-corrected chi connectivity index (χ1v) is 8.99. The van der Waals surface area contributed by atoms with E-state index in [-0.39, 0.29) is 23.0 Å². The maximum Gasteiger partial charge on any atom is 0.233 e. The number of hydrogen-bond donors (Lipinski definition) is 2. The van der Waals surface area contributed by atoms with Gasteiger partial charge in [-0.05, 0) is 38.5 Å². The molecule has 0 saturated carbocycles. The monoisotopic (exact) mass is 354 g/mol. The van der Waals surface area contributed by atoms with Gasteiger partial charge in [0.05, 0.1) is 11.3 Å². The number of aromatic nitrogens is 2. The van der Waals surface area contributed by atoms with E-state index in [0.29, 0.717) is 0 Å². The van der Waals surface area contributed by atoms with E-state index in [2.05, 4.69) is 20.8 Å². The van der Waals surface area contributed by atoms with Crippen molar-refractivity contribution in [3.63, 3.8) is 0 Å². The first kappa shape index (κ1) is 17.7. The Bertz CT molecular complexity index is 647. The minimum Gasteiger partial charge on any atom is -0.360 e. The molecule has 2 atom stereocenters. The molecule has 5 nitrogen and oxygen atoms in total. The maximum atomic E-state index is 12.9. The average Bonchev–Trinajstić information content (AvgIpc) is 2.95. The summed E-state index contributed by atoms with van der Waals surface area (Å²) in [6.07, 6.45) is 0. The third-order valence-electron chi connectivity index (χ3n) is 3.11. The smallest absolute Gasteiger partial charge is 0.233 e. The number of benzene rings is 1. The summed E-state index contributed by atoms with van der Waals surface area (Å²) in [6, 6.07) is 5.94. The lowest BCUT2D eigenvalue weighted by Gasteiger charge is -2.17. The van der Waals surface area contributed by atoms with E-state index >= 15 is 0 Å². The van der Waals surface area contributed by atoms with Crippen molar-refractivity contribution >= 4 is 34.1 Å². The topological polar surface area (TPSA) is 66.9 Å². The predicted molar refractivity (Wildman–Crippen MR) is 92.3 cm³/mol. The van der Waals surface area contributed by atoms with E-state index in [4.69, 9.17) is 0 Å². The Hall–Kier alpha value is -1.67. The Morgan fingerprint density at radius 3 is 2.65 bits per heavy atom. The molecule has 0 bridgehead atoms. The number of carbonyl (C=O) groups is 1. The molecular weight excluding hydrogens is 335 g/mol. The van der Waals surface area contributed by atoms with Gasteiger partial charge in [-0.3, -0.25) is 4.79 Å². The number of nitrogens with zero attached hydrogens (tertiary/aromatic N) is 2. The molecule has 0 radical (unpaired) electrons. The van der Waals surface area contributed by atoms with Gasteiger partial charge in [-0.2, -0.15) is 0 Å². The lowest BCUT2D eigenvalue weighted by Crippen LogP contribution is -2.33. The number of nitrogens with one attached hydrogen (secondary N) is 2. The summed E-state index contributed by atoms with van der Waals surface area (Å²) < 4.78 is 13.7. The van der Waals surface area contributed by atoms with Gasteiger partial charge in [-0.25, -0.2) is 4.39 Å². The number of amides is 1. The summed E-state index contributed by atoms with van der Waals surface area (Å²) in [7, 11) is 0. The lowest BCUT2D eigenvalue weighted by molar-refractivity contribution is -0.120. The molecule has 0 aliphatic heterocycles. The van der Waals surface area contributed by atoms with Crippen molar-refractivity contribution in [2.45, 2.75) is 36.4 Å². The third kappa shape index (κ3) is 5.18. The Balaban J connectivity index is 1.89. The van der Waals surface area contributed by atoms with Crippen LogP contribution in [0.4, 0.5) is 9.52 Å². The van der Waals surface area contributed by atoms with Gasteiger partial charge in [0.2, 0.25) is 11.0 Å². The Morgan fingerprint density at radius 2 is 2.00 bits per heavy atom. The largest absolute Gasteiger partial charge is 0.360 e. The maximum absolute atomic E-state index is 12.9. The van der Waals surface area contributed by atoms with E-state index in [9.17, 15) is 9.18 Å². The Kier molecular flexibility index (Phi) is 6.35. The van der Waals surface area contributed by atoms with Gasteiger partial charge in [0.25, 0.3) is 0 Å². The van der Waals surface area contributed by atoms with Crippen LogP contribution in [0.15, 0.2) is 28.6 Å². The molecule has 23 heavy (non-hydrogen) atoms. The van der Waals surface area contributed by atoms with E-state index in [1.807, 2.05) is 20.8 Å². The third-order valence-corrected chi connectivity index (χ3v) is 5.18. The van der Waals surface area contributed by atoms with Crippen molar-refractivity contribution in [1.82, 2.24) is 15.5 Å². The number of hydrogen-bond acceptors (Lipinski definition) is 6. The highest BCUT2D eigenvalue weighted by Crippen LogP contribution is 2.29. The number of halogens is 1. The second-order valence-corrected chi connectivity index (χ2v) is 7.51. The highest BCUT2D eigenvalue weighted by atomic mass is 32.2. The van der Waals surface area contributed by atoms with Gasteiger partial charge in [-0.1, -0.05) is 35.2 Å². The van der Waals surface area contributed by atoms with Crippen LogP contribution in [0, 0.1) is 5.82 Å². The molecule has 124 valence electrons. The highest BCUT2D eigenvalue weighted by molar-refractivity contribution is 8.02. The van der Waals surface area contributed by atoms with Crippen molar-refractivity contribution in [3.8, 4) is 0 Å². The molecule has 0 fully saturated rings. The summed E-state index contributed by atoms with van der Waals surface area (Å²) in [5, 5.41) is 14.5. The van der Waals surface area contributed by atoms with E-state index in [1.54, 1.807) is 12.1 Å². The van der Waals surface area contributed by atoms with Crippen molar-refractivity contribution in [1.29, 1.82) is 0 Å². The average molecular weight is 354 g/mol. The van der Waals surface area contributed by atoms with Crippen LogP contribution in [0.2, 0.25) is 0 Å². The fourth-order valence-electron chi connectivity index (χ4n) is 1.85. The first-order valence-electron chi connectivity index (χ1n) is 7.29. The van der Waals surface area contributed by atoms with Crippen molar-refractivity contribution in [2.75, 3.05) is 11.9 Å². The van der Waals surface area contributed by atoms with Gasteiger partial charge in [0.15, 0.2) is 4.34 Å². The number of thioether (sulfide) groups is 1. The van der Waals surface area contributed by atoms with Crippen LogP contribution in [0.5, 0.6) is 0 Å². The molecule has 8 heteroatoms.